The van der Waals surface area contributed by atoms with Gasteiger partial charge >= 0.3 is 0 Å². The van der Waals surface area contributed by atoms with Crippen LogP contribution in [0.5, 0.6) is 0 Å². The molecule has 0 aliphatic heterocycles. The number of hydrogen-bond acceptors (Lipinski definition) is 4. The molecule has 0 amide bonds. The lowest BCUT2D eigenvalue weighted by molar-refractivity contribution is 0.272. The summed E-state index contributed by atoms with van der Waals surface area (Å²) in [6, 6.07) is 1.37. The minimum absolute atomic E-state index is 0.368. The van der Waals surface area contributed by atoms with Crippen LogP contribution in [-0.2, 0) is 9.09 Å². The van der Waals surface area contributed by atoms with Gasteiger partial charge in [0, 0.05) is 12.8 Å². The number of nitrogens with zero attached hydrogens (tertiary/aromatic N) is 1. The maximum atomic E-state index is 11.8. The van der Waals surface area contributed by atoms with E-state index in [4.69, 9.17) is 15.5 Å². The summed E-state index contributed by atoms with van der Waals surface area (Å²) in [7, 11) is -2.54. The zero-order valence-corrected chi connectivity index (χ0v) is 9.96. The summed E-state index contributed by atoms with van der Waals surface area (Å²) >= 11 is 0. The molecule has 0 aromatic rings. The van der Waals surface area contributed by atoms with Gasteiger partial charge in [-0.25, -0.2) is 0 Å². The van der Waals surface area contributed by atoms with E-state index in [0.717, 1.165) is 0 Å². The van der Waals surface area contributed by atoms with Crippen LogP contribution in [0.2, 0.25) is 0 Å². The standard InChI is InChI=1S/C9H19N2O2P/c1-8(2)7-13-14(3,12)5-4-9(11)6-10/h8-9H,4-5,7,11H2,1-3H3. The van der Waals surface area contributed by atoms with E-state index < -0.39 is 13.4 Å². The number of nitrogens with two attached hydrogens (primary N) is 1. The molecule has 0 saturated carbocycles. The van der Waals surface area contributed by atoms with Crippen LogP contribution >= 0.6 is 7.37 Å². The molecule has 4 nitrogen and oxygen atoms in total. The molecular formula is C9H19N2O2P. The third-order valence-electron chi connectivity index (χ3n) is 1.69. The van der Waals surface area contributed by atoms with Crippen LogP contribution in [0.3, 0.4) is 0 Å². The van der Waals surface area contributed by atoms with Gasteiger partial charge in [-0.1, -0.05) is 13.8 Å². The molecule has 2 atom stereocenters. The average Bonchev–Trinajstić information content (AvgIpc) is 2.11. The second-order valence-corrected chi connectivity index (χ2v) is 6.69. The lowest BCUT2D eigenvalue weighted by Gasteiger charge is -2.15. The minimum Gasteiger partial charge on any atom is -0.328 e. The summed E-state index contributed by atoms with van der Waals surface area (Å²) in [6.45, 7) is 6.09. The van der Waals surface area contributed by atoms with Crippen molar-refractivity contribution in [3.05, 3.63) is 0 Å². The molecule has 82 valence electrons. The molecule has 0 aromatic heterocycles. The lowest BCUT2D eigenvalue weighted by atomic mass is 10.2. The van der Waals surface area contributed by atoms with Gasteiger partial charge in [-0.2, -0.15) is 5.26 Å². The molecule has 0 bridgehead atoms. The highest BCUT2D eigenvalue weighted by molar-refractivity contribution is 7.58. The molecule has 0 heterocycles. The van der Waals surface area contributed by atoms with Crippen molar-refractivity contribution in [1.82, 2.24) is 0 Å². The van der Waals surface area contributed by atoms with Crippen LogP contribution in [0.15, 0.2) is 0 Å². The first kappa shape index (κ1) is 13.6. The van der Waals surface area contributed by atoms with E-state index >= 15 is 0 Å². The first-order valence-electron chi connectivity index (χ1n) is 4.73. The van der Waals surface area contributed by atoms with Gasteiger partial charge in [-0.05, 0) is 12.3 Å². The third kappa shape index (κ3) is 7.08. The van der Waals surface area contributed by atoms with Gasteiger partial charge in [-0.15, -0.1) is 0 Å². The number of nitriles is 1. The Labute approximate surface area is 85.9 Å². The van der Waals surface area contributed by atoms with E-state index in [1.54, 1.807) is 6.66 Å². The summed E-state index contributed by atoms with van der Waals surface area (Å²) in [5.74, 6) is 0.368. The van der Waals surface area contributed by atoms with Gasteiger partial charge in [0.2, 0.25) is 0 Å². The Kier molecular flexibility index (Phi) is 6.03. The zero-order chi connectivity index (χ0) is 11.2. The summed E-state index contributed by atoms with van der Waals surface area (Å²) in [5, 5.41) is 8.44. The van der Waals surface area contributed by atoms with Crippen LogP contribution in [0.1, 0.15) is 20.3 Å². The van der Waals surface area contributed by atoms with Crippen molar-refractivity contribution in [1.29, 1.82) is 5.26 Å². The van der Waals surface area contributed by atoms with Crippen molar-refractivity contribution in [2.24, 2.45) is 11.7 Å². The molecular weight excluding hydrogens is 199 g/mol. The summed E-state index contributed by atoms with van der Waals surface area (Å²) in [5.41, 5.74) is 5.40. The van der Waals surface area contributed by atoms with E-state index in [1.807, 2.05) is 19.9 Å². The van der Waals surface area contributed by atoms with E-state index in [9.17, 15) is 4.57 Å². The molecule has 0 aliphatic carbocycles. The van der Waals surface area contributed by atoms with Gasteiger partial charge in [-0.3, -0.25) is 4.57 Å². The monoisotopic (exact) mass is 218 g/mol. The van der Waals surface area contributed by atoms with E-state index in [0.29, 0.717) is 25.1 Å². The summed E-state index contributed by atoms with van der Waals surface area (Å²) in [6.07, 6.45) is 0.816. The fraction of sp³-hybridized carbons (Fsp3) is 0.889. The van der Waals surface area contributed by atoms with Crippen molar-refractivity contribution in [3.63, 3.8) is 0 Å². The average molecular weight is 218 g/mol. The van der Waals surface area contributed by atoms with Crippen LogP contribution in [0.25, 0.3) is 0 Å². The Morgan fingerprint density at radius 1 is 1.57 bits per heavy atom. The Hall–Kier alpha value is -0.360. The number of hydrogen-bond donors (Lipinski definition) is 1. The van der Waals surface area contributed by atoms with E-state index in [-0.39, 0.29) is 0 Å². The fourth-order valence-corrected chi connectivity index (χ4v) is 2.30. The van der Waals surface area contributed by atoms with E-state index in [2.05, 4.69) is 0 Å². The van der Waals surface area contributed by atoms with Crippen molar-refractivity contribution in [3.8, 4) is 6.07 Å². The quantitative estimate of drug-likeness (QED) is 0.690. The second kappa shape index (κ2) is 6.19. The predicted octanol–water partition coefficient (Wildman–Crippen LogP) is 1.81. The highest BCUT2D eigenvalue weighted by atomic mass is 31.2. The van der Waals surface area contributed by atoms with Gasteiger partial charge in [0.05, 0.1) is 18.7 Å². The zero-order valence-electron chi connectivity index (χ0n) is 9.06. The molecule has 0 spiro atoms. The maximum absolute atomic E-state index is 11.8. The number of rotatable bonds is 6. The van der Waals surface area contributed by atoms with Gasteiger partial charge in [0.15, 0.2) is 7.37 Å². The molecule has 14 heavy (non-hydrogen) atoms. The van der Waals surface area contributed by atoms with Crippen LogP contribution < -0.4 is 5.73 Å². The normalized spacial score (nSPS) is 17.4. The summed E-state index contributed by atoms with van der Waals surface area (Å²) in [4.78, 5) is 0. The van der Waals surface area contributed by atoms with Crippen LogP contribution in [0, 0.1) is 17.2 Å². The highest BCUT2D eigenvalue weighted by Gasteiger charge is 2.17. The molecule has 0 aliphatic rings. The lowest BCUT2D eigenvalue weighted by Crippen LogP contribution is -2.19. The van der Waals surface area contributed by atoms with Crippen molar-refractivity contribution in [2.45, 2.75) is 26.3 Å². The second-order valence-electron chi connectivity index (χ2n) is 3.95. The molecule has 2 unspecified atom stereocenters. The van der Waals surface area contributed by atoms with Gasteiger partial charge in [0.1, 0.15) is 0 Å². The molecule has 0 radical (unpaired) electrons. The topological polar surface area (TPSA) is 76.1 Å². The SMILES string of the molecule is CC(C)COP(C)(=O)CCC(N)C#N. The van der Waals surface area contributed by atoms with E-state index in [1.165, 1.54) is 0 Å². The molecule has 0 aromatic carbocycles. The Morgan fingerprint density at radius 2 is 2.14 bits per heavy atom. The Balaban J connectivity index is 3.85. The van der Waals surface area contributed by atoms with Gasteiger partial charge in [0.25, 0.3) is 0 Å². The highest BCUT2D eigenvalue weighted by Crippen LogP contribution is 2.43. The maximum Gasteiger partial charge on any atom is 0.200 e. The third-order valence-corrected chi connectivity index (χ3v) is 3.46. The minimum atomic E-state index is -2.54. The van der Waals surface area contributed by atoms with Crippen molar-refractivity contribution in [2.75, 3.05) is 19.4 Å². The first-order chi connectivity index (χ1) is 6.37. The molecule has 0 rings (SSSR count). The summed E-state index contributed by atoms with van der Waals surface area (Å²) < 4.78 is 17.0. The molecule has 0 saturated heterocycles. The predicted molar refractivity (Wildman–Crippen MR) is 57.4 cm³/mol. The molecule has 0 fully saturated rings. The van der Waals surface area contributed by atoms with Gasteiger partial charge < -0.3 is 10.3 Å². The smallest absolute Gasteiger partial charge is 0.200 e. The first-order valence-corrected chi connectivity index (χ1v) is 6.99. The Bertz CT molecular complexity index is 248. The fourth-order valence-electron chi connectivity index (χ4n) is 0.809. The van der Waals surface area contributed by atoms with Crippen LogP contribution in [-0.4, -0.2) is 25.5 Å². The van der Waals surface area contributed by atoms with Crippen molar-refractivity contribution >= 4 is 7.37 Å². The molecule has 2 N–H and O–H groups in total. The largest absolute Gasteiger partial charge is 0.328 e. The van der Waals surface area contributed by atoms with Crippen molar-refractivity contribution < 1.29 is 9.09 Å². The van der Waals surface area contributed by atoms with Crippen LogP contribution in [0.4, 0.5) is 0 Å². The Morgan fingerprint density at radius 3 is 2.57 bits per heavy atom. The molecule has 5 heteroatoms.